The van der Waals surface area contributed by atoms with Gasteiger partial charge in [-0.05, 0) is 42.3 Å². The van der Waals surface area contributed by atoms with E-state index in [1.165, 1.54) is 4.31 Å². The minimum atomic E-state index is -3.57. The van der Waals surface area contributed by atoms with Gasteiger partial charge in [0.2, 0.25) is 16.8 Å². The molecule has 2 aromatic carbocycles. The normalized spacial score (nSPS) is 13.6. The number of nitrogens with zero attached hydrogens (tertiary/aromatic N) is 1. The molecule has 122 valence electrons. The van der Waals surface area contributed by atoms with Gasteiger partial charge in [0.1, 0.15) is 0 Å². The Labute approximate surface area is 144 Å². The van der Waals surface area contributed by atoms with Crippen LogP contribution >= 0.6 is 15.9 Å². The molecule has 0 N–H and O–H groups in total. The lowest BCUT2D eigenvalue weighted by Crippen LogP contribution is -2.27. The fourth-order valence-corrected chi connectivity index (χ4v) is 4.32. The van der Waals surface area contributed by atoms with Crippen LogP contribution in [0.4, 0.5) is 0 Å². The average molecular weight is 398 g/mol. The summed E-state index contributed by atoms with van der Waals surface area (Å²) >= 11 is 3.33. The maximum absolute atomic E-state index is 12.8. The third-order valence-electron chi connectivity index (χ3n) is 3.68. The van der Waals surface area contributed by atoms with Gasteiger partial charge in [-0.15, -0.1) is 0 Å². The average Bonchev–Trinajstić information content (AvgIpc) is 2.97. The molecule has 2 aromatic rings. The van der Waals surface area contributed by atoms with E-state index in [0.29, 0.717) is 22.0 Å². The van der Waals surface area contributed by atoms with Crippen molar-refractivity contribution in [2.45, 2.75) is 18.4 Å². The van der Waals surface area contributed by atoms with Crippen molar-refractivity contribution in [2.75, 3.05) is 13.8 Å². The lowest BCUT2D eigenvalue weighted by Gasteiger charge is -2.19. The third kappa shape index (κ3) is 3.22. The molecule has 23 heavy (non-hydrogen) atoms. The van der Waals surface area contributed by atoms with Crippen molar-refractivity contribution < 1.29 is 17.9 Å². The van der Waals surface area contributed by atoms with Crippen LogP contribution in [0.25, 0.3) is 0 Å². The van der Waals surface area contributed by atoms with Crippen LogP contribution in [-0.4, -0.2) is 26.6 Å². The molecule has 0 atom stereocenters. The number of ether oxygens (including phenoxy) is 2. The maximum atomic E-state index is 12.8. The predicted molar refractivity (Wildman–Crippen MR) is 90.1 cm³/mol. The number of hydrogen-bond donors (Lipinski definition) is 0. The summed E-state index contributed by atoms with van der Waals surface area (Å²) in [6.45, 7) is 2.24. The van der Waals surface area contributed by atoms with E-state index in [0.717, 1.165) is 10.0 Å². The first-order valence-electron chi connectivity index (χ1n) is 6.99. The highest BCUT2D eigenvalue weighted by Gasteiger charge is 2.24. The van der Waals surface area contributed by atoms with Crippen LogP contribution in [0.15, 0.2) is 45.8 Å². The Morgan fingerprint density at radius 1 is 1.13 bits per heavy atom. The Balaban J connectivity index is 1.87. The van der Waals surface area contributed by atoms with Gasteiger partial charge in [-0.1, -0.05) is 28.1 Å². The van der Waals surface area contributed by atoms with Crippen molar-refractivity contribution in [1.29, 1.82) is 0 Å². The summed E-state index contributed by atoms with van der Waals surface area (Å²) in [5.74, 6) is 1.33. The molecule has 0 spiro atoms. The molecule has 1 aliphatic rings. The Hall–Kier alpha value is -1.57. The van der Waals surface area contributed by atoms with E-state index >= 15 is 0 Å². The molecule has 0 aromatic heterocycles. The van der Waals surface area contributed by atoms with Gasteiger partial charge >= 0.3 is 0 Å². The number of benzene rings is 2. The first-order valence-corrected chi connectivity index (χ1v) is 9.22. The molecule has 7 heteroatoms. The van der Waals surface area contributed by atoms with Gasteiger partial charge in [-0.2, -0.15) is 4.31 Å². The van der Waals surface area contributed by atoms with Crippen LogP contribution in [0.3, 0.4) is 0 Å². The number of fused-ring (bicyclic) bond motifs is 1. The van der Waals surface area contributed by atoms with Crippen molar-refractivity contribution in [3.05, 3.63) is 52.0 Å². The minimum Gasteiger partial charge on any atom is -0.454 e. The molecule has 3 rings (SSSR count). The van der Waals surface area contributed by atoms with Gasteiger partial charge in [0.15, 0.2) is 11.5 Å². The molecule has 1 heterocycles. The Bertz CT molecular complexity index is 851. The van der Waals surface area contributed by atoms with Gasteiger partial charge in [0.05, 0.1) is 4.90 Å². The highest BCUT2D eigenvalue weighted by molar-refractivity contribution is 9.10. The quantitative estimate of drug-likeness (QED) is 0.793. The van der Waals surface area contributed by atoms with Crippen molar-refractivity contribution in [2.24, 2.45) is 0 Å². The van der Waals surface area contributed by atoms with Crippen molar-refractivity contribution in [3.8, 4) is 11.5 Å². The van der Waals surface area contributed by atoms with E-state index < -0.39 is 10.0 Å². The number of halogens is 1. The van der Waals surface area contributed by atoms with Gasteiger partial charge in [-0.3, -0.25) is 0 Å². The molecule has 0 aliphatic carbocycles. The smallest absolute Gasteiger partial charge is 0.243 e. The Kier molecular flexibility index (Phi) is 4.35. The van der Waals surface area contributed by atoms with E-state index in [9.17, 15) is 8.42 Å². The highest BCUT2D eigenvalue weighted by Crippen LogP contribution is 2.33. The van der Waals surface area contributed by atoms with Crippen molar-refractivity contribution in [3.63, 3.8) is 0 Å². The van der Waals surface area contributed by atoms with Crippen LogP contribution in [0.5, 0.6) is 11.5 Å². The summed E-state index contributed by atoms with van der Waals surface area (Å²) < 4.78 is 38.2. The van der Waals surface area contributed by atoms with Gasteiger partial charge in [-0.25, -0.2) is 8.42 Å². The molecule has 1 aliphatic heterocycles. The second-order valence-electron chi connectivity index (χ2n) is 5.36. The standard InChI is InChI=1S/C16H16BrNO4S/c1-11-3-5-13(17)8-16(11)23(19,20)18(2)9-12-4-6-14-15(7-12)22-10-21-14/h3-8H,9-10H2,1-2H3. The molecular formula is C16H16BrNO4S. The lowest BCUT2D eigenvalue weighted by atomic mass is 10.2. The van der Waals surface area contributed by atoms with Crippen molar-refractivity contribution >= 4 is 26.0 Å². The molecule has 0 saturated heterocycles. The molecular weight excluding hydrogens is 382 g/mol. The van der Waals surface area contributed by atoms with Gasteiger partial charge < -0.3 is 9.47 Å². The summed E-state index contributed by atoms with van der Waals surface area (Å²) in [6.07, 6.45) is 0. The molecule has 0 fully saturated rings. The Morgan fingerprint density at radius 2 is 1.87 bits per heavy atom. The van der Waals surface area contributed by atoms with Crippen molar-refractivity contribution in [1.82, 2.24) is 4.31 Å². The zero-order chi connectivity index (χ0) is 16.6. The number of hydrogen-bond acceptors (Lipinski definition) is 4. The SMILES string of the molecule is Cc1ccc(Br)cc1S(=O)(=O)N(C)Cc1ccc2c(c1)OCO2. The predicted octanol–water partition coefficient (Wildman–Crippen LogP) is 3.31. The first-order chi connectivity index (χ1) is 10.9. The topological polar surface area (TPSA) is 55.8 Å². The van der Waals surface area contributed by atoms with E-state index in [1.54, 1.807) is 32.2 Å². The summed E-state index contributed by atoms with van der Waals surface area (Å²) in [4.78, 5) is 0.301. The van der Waals surface area contributed by atoms with E-state index in [4.69, 9.17) is 9.47 Å². The molecule has 0 radical (unpaired) electrons. The zero-order valence-electron chi connectivity index (χ0n) is 12.7. The minimum absolute atomic E-state index is 0.199. The number of sulfonamides is 1. The summed E-state index contributed by atoms with van der Waals surface area (Å²) in [5, 5.41) is 0. The molecule has 0 bridgehead atoms. The molecule has 0 amide bonds. The fourth-order valence-electron chi connectivity index (χ4n) is 2.40. The van der Waals surface area contributed by atoms with Crippen LogP contribution < -0.4 is 9.47 Å². The van der Waals surface area contributed by atoms with E-state index in [1.807, 2.05) is 18.2 Å². The van der Waals surface area contributed by atoms with Crippen LogP contribution in [0, 0.1) is 6.92 Å². The molecule has 5 nitrogen and oxygen atoms in total. The van der Waals surface area contributed by atoms with E-state index in [-0.39, 0.29) is 13.3 Å². The summed E-state index contributed by atoms with van der Waals surface area (Å²) in [5.41, 5.74) is 1.55. The monoisotopic (exact) mass is 397 g/mol. The first kappa shape index (κ1) is 16.3. The van der Waals surface area contributed by atoms with Gasteiger partial charge in [0.25, 0.3) is 0 Å². The number of aryl methyl sites for hydroxylation is 1. The van der Waals surface area contributed by atoms with Crippen LogP contribution in [0.2, 0.25) is 0 Å². The summed E-state index contributed by atoms with van der Waals surface area (Å²) in [6, 6.07) is 10.7. The zero-order valence-corrected chi connectivity index (χ0v) is 15.1. The maximum Gasteiger partial charge on any atom is 0.243 e. The molecule has 0 unspecified atom stereocenters. The van der Waals surface area contributed by atoms with Gasteiger partial charge in [0, 0.05) is 18.1 Å². The Morgan fingerprint density at radius 3 is 2.65 bits per heavy atom. The highest BCUT2D eigenvalue weighted by atomic mass is 79.9. The molecule has 0 saturated carbocycles. The number of rotatable bonds is 4. The lowest BCUT2D eigenvalue weighted by molar-refractivity contribution is 0.174. The largest absolute Gasteiger partial charge is 0.454 e. The van der Waals surface area contributed by atoms with E-state index in [2.05, 4.69) is 15.9 Å². The fraction of sp³-hybridized carbons (Fsp3) is 0.250. The van der Waals surface area contributed by atoms with Crippen LogP contribution in [0.1, 0.15) is 11.1 Å². The third-order valence-corrected chi connectivity index (χ3v) is 6.12. The van der Waals surface area contributed by atoms with Crippen LogP contribution in [-0.2, 0) is 16.6 Å². The summed E-state index contributed by atoms with van der Waals surface area (Å²) in [7, 11) is -2.00. The second-order valence-corrected chi connectivity index (χ2v) is 8.29. The second kappa shape index (κ2) is 6.14.